The van der Waals surface area contributed by atoms with Gasteiger partial charge in [-0.05, 0) is 49.2 Å². The monoisotopic (exact) mass is 542 g/mol. The predicted octanol–water partition coefficient (Wildman–Crippen LogP) is 5.74. The number of nitrogens with one attached hydrogen (secondary N) is 2. The SMILES string of the molecule is CN[C@H](COCc1ccccc1)c1ccc(F)c(NC(=O)[C@@H]2O[C@H](C)[C@@H](C)[C@H]2c2ccc(F)c(F)c2OC)c1. The highest BCUT2D eigenvalue weighted by Crippen LogP contribution is 2.45. The number of benzene rings is 3. The lowest BCUT2D eigenvalue weighted by Crippen LogP contribution is -2.33. The minimum absolute atomic E-state index is 0.0207. The lowest BCUT2D eigenvalue weighted by Gasteiger charge is -2.24. The van der Waals surface area contributed by atoms with Crippen LogP contribution in [0.3, 0.4) is 0 Å². The molecule has 5 atom stereocenters. The largest absolute Gasteiger partial charge is 0.493 e. The Morgan fingerprint density at radius 3 is 2.44 bits per heavy atom. The molecule has 0 spiro atoms. The van der Waals surface area contributed by atoms with Crippen LogP contribution in [-0.4, -0.2) is 38.9 Å². The van der Waals surface area contributed by atoms with Crippen LogP contribution in [0, 0.1) is 23.4 Å². The molecule has 2 N–H and O–H groups in total. The lowest BCUT2D eigenvalue weighted by molar-refractivity contribution is -0.127. The van der Waals surface area contributed by atoms with Gasteiger partial charge in [-0.2, -0.15) is 4.39 Å². The first-order chi connectivity index (χ1) is 18.7. The maximum atomic E-state index is 14.8. The van der Waals surface area contributed by atoms with Crippen molar-refractivity contribution in [2.75, 3.05) is 26.1 Å². The zero-order chi connectivity index (χ0) is 28.1. The van der Waals surface area contributed by atoms with Crippen LogP contribution < -0.4 is 15.4 Å². The highest BCUT2D eigenvalue weighted by Gasteiger charge is 2.46. The Morgan fingerprint density at radius 2 is 1.74 bits per heavy atom. The molecule has 1 amide bonds. The van der Waals surface area contributed by atoms with E-state index in [1.807, 2.05) is 37.3 Å². The first-order valence-electron chi connectivity index (χ1n) is 12.8. The van der Waals surface area contributed by atoms with Crippen LogP contribution in [-0.2, 0) is 20.9 Å². The number of anilines is 1. The number of hydrogen-bond donors (Lipinski definition) is 2. The number of likely N-dealkylation sites (N-methyl/N-ethyl adjacent to an activating group) is 1. The highest BCUT2D eigenvalue weighted by molar-refractivity contribution is 5.95. The fourth-order valence-electron chi connectivity index (χ4n) is 4.97. The van der Waals surface area contributed by atoms with E-state index in [1.54, 1.807) is 26.1 Å². The van der Waals surface area contributed by atoms with Crippen molar-refractivity contribution >= 4 is 11.6 Å². The predicted molar refractivity (Wildman–Crippen MR) is 142 cm³/mol. The van der Waals surface area contributed by atoms with Crippen LogP contribution in [0.1, 0.15) is 42.5 Å². The first kappa shape index (κ1) is 28.6. The first-order valence-corrected chi connectivity index (χ1v) is 12.8. The summed E-state index contributed by atoms with van der Waals surface area (Å²) < 4.78 is 60.1. The number of carbonyl (C=O) groups excluding carboxylic acids is 1. The number of ether oxygens (including phenoxy) is 3. The van der Waals surface area contributed by atoms with Gasteiger partial charge in [0.25, 0.3) is 5.91 Å². The number of halogens is 3. The fraction of sp³-hybridized carbons (Fsp3) is 0.367. The maximum Gasteiger partial charge on any atom is 0.254 e. The molecule has 1 aliphatic rings. The smallest absolute Gasteiger partial charge is 0.254 e. The third-order valence-electron chi connectivity index (χ3n) is 7.29. The molecule has 1 fully saturated rings. The summed E-state index contributed by atoms with van der Waals surface area (Å²) in [6.07, 6.45) is -1.44. The van der Waals surface area contributed by atoms with Crippen molar-refractivity contribution in [2.24, 2.45) is 5.92 Å². The molecule has 0 aliphatic carbocycles. The molecule has 39 heavy (non-hydrogen) atoms. The molecular formula is C30H33F3N2O4. The normalized spacial score (nSPS) is 21.5. The van der Waals surface area contributed by atoms with E-state index in [4.69, 9.17) is 14.2 Å². The second kappa shape index (κ2) is 12.6. The minimum Gasteiger partial charge on any atom is -0.493 e. The van der Waals surface area contributed by atoms with Crippen molar-refractivity contribution in [1.29, 1.82) is 0 Å². The Labute approximate surface area is 226 Å². The van der Waals surface area contributed by atoms with Crippen LogP contribution in [0.25, 0.3) is 0 Å². The molecule has 4 rings (SSSR count). The van der Waals surface area contributed by atoms with Crippen LogP contribution >= 0.6 is 0 Å². The van der Waals surface area contributed by atoms with Crippen LogP contribution in [0.15, 0.2) is 60.7 Å². The van der Waals surface area contributed by atoms with Crippen molar-refractivity contribution < 1.29 is 32.2 Å². The van der Waals surface area contributed by atoms with Crippen molar-refractivity contribution in [3.05, 3.63) is 94.8 Å². The van der Waals surface area contributed by atoms with Crippen LogP contribution in [0.4, 0.5) is 18.9 Å². The van der Waals surface area contributed by atoms with Crippen LogP contribution in [0.2, 0.25) is 0 Å². The van der Waals surface area contributed by atoms with E-state index in [1.165, 1.54) is 19.2 Å². The van der Waals surface area contributed by atoms with E-state index in [9.17, 15) is 18.0 Å². The molecule has 0 unspecified atom stereocenters. The van der Waals surface area contributed by atoms with E-state index in [2.05, 4.69) is 10.6 Å². The lowest BCUT2D eigenvalue weighted by atomic mass is 9.82. The van der Waals surface area contributed by atoms with Crippen molar-refractivity contribution in [3.8, 4) is 5.75 Å². The summed E-state index contributed by atoms with van der Waals surface area (Å²) >= 11 is 0. The Morgan fingerprint density at radius 1 is 1.03 bits per heavy atom. The number of rotatable bonds is 10. The quantitative estimate of drug-likeness (QED) is 0.342. The summed E-state index contributed by atoms with van der Waals surface area (Å²) in [6, 6.07) is 16.3. The third kappa shape index (κ3) is 6.27. The topological polar surface area (TPSA) is 68.8 Å². The number of hydrogen-bond acceptors (Lipinski definition) is 5. The molecule has 3 aromatic carbocycles. The standard InChI is InChI=1S/C30H33F3N2O4/c1-17-18(2)39-29(26(17)21-11-13-23(32)27(33)28(21)37-4)30(36)35-24-14-20(10-12-22(24)31)25(34-3)16-38-15-19-8-6-5-7-9-19/h5-14,17-18,25-26,29,34H,15-16H2,1-4H3,(H,35,36)/t17-,18-,25-,26+,29-/m1/s1. The summed E-state index contributed by atoms with van der Waals surface area (Å²) in [5.41, 5.74) is 2.04. The van der Waals surface area contributed by atoms with Gasteiger partial charge in [-0.25, -0.2) is 8.78 Å². The number of amides is 1. The Balaban J connectivity index is 1.52. The van der Waals surface area contributed by atoms with E-state index in [0.29, 0.717) is 18.8 Å². The van der Waals surface area contributed by atoms with E-state index >= 15 is 0 Å². The highest BCUT2D eigenvalue weighted by atomic mass is 19.2. The molecule has 1 saturated heterocycles. The van der Waals surface area contributed by atoms with Gasteiger partial charge in [-0.1, -0.05) is 49.4 Å². The average Bonchev–Trinajstić information content (AvgIpc) is 3.24. The van der Waals surface area contributed by atoms with Gasteiger partial charge in [0.1, 0.15) is 11.9 Å². The number of methoxy groups -OCH3 is 1. The van der Waals surface area contributed by atoms with Gasteiger partial charge in [-0.3, -0.25) is 4.79 Å². The summed E-state index contributed by atoms with van der Waals surface area (Å²) in [5, 5.41) is 5.80. The molecule has 1 heterocycles. The molecule has 3 aromatic rings. The fourth-order valence-corrected chi connectivity index (χ4v) is 4.97. The van der Waals surface area contributed by atoms with Gasteiger partial charge in [0.05, 0.1) is 38.2 Å². The van der Waals surface area contributed by atoms with Gasteiger partial charge >= 0.3 is 0 Å². The Bertz CT molecular complexity index is 1290. The van der Waals surface area contributed by atoms with Crippen molar-refractivity contribution in [1.82, 2.24) is 5.32 Å². The molecule has 0 bridgehead atoms. The maximum absolute atomic E-state index is 14.8. The van der Waals surface area contributed by atoms with E-state index in [-0.39, 0.29) is 29.5 Å². The summed E-state index contributed by atoms with van der Waals surface area (Å²) in [5.74, 6) is -4.55. The van der Waals surface area contributed by atoms with Gasteiger partial charge in [0.15, 0.2) is 11.6 Å². The molecule has 0 saturated carbocycles. The molecular weight excluding hydrogens is 509 g/mol. The van der Waals surface area contributed by atoms with Gasteiger partial charge in [-0.15, -0.1) is 0 Å². The molecule has 9 heteroatoms. The van der Waals surface area contributed by atoms with Crippen LogP contribution in [0.5, 0.6) is 5.75 Å². The third-order valence-corrected chi connectivity index (χ3v) is 7.29. The molecule has 6 nitrogen and oxygen atoms in total. The average molecular weight is 543 g/mol. The zero-order valence-electron chi connectivity index (χ0n) is 22.3. The van der Waals surface area contributed by atoms with E-state index in [0.717, 1.165) is 17.2 Å². The molecule has 0 radical (unpaired) electrons. The molecule has 208 valence electrons. The van der Waals surface area contributed by atoms with Crippen molar-refractivity contribution in [3.63, 3.8) is 0 Å². The van der Waals surface area contributed by atoms with E-state index < -0.39 is 35.4 Å². The summed E-state index contributed by atoms with van der Waals surface area (Å²) in [7, 11) is 3.01. The zero-order valence-corrected chi connectivity index (χ0v) is 22.3. The Kier molecular flexibility index (Phi) is 9.27. The van der Waals surface area contributed by atoms with Crippen molar-refractivity contribution in [2.45, 2.75) is 44.6 Å². The van der Waals surface area contributed by atoms with Gasteiger partial charge in [0.2, 0.25) is 5.82 Å². The molecule has 1 aliphatic heterocycles. The van der Waals surface area contributed by atoms with Gasteiger partial charge in [0, 0.05) is 11.5 Å². The summed E-state index contributed by atoms with van der Waals surface area (Å²) in [6.45, 7) is 4.40. The number of carbonyl (C=O) groups is 1. The second-order valence-corrected chi connectivity index (χ2v) is 9.70. The minimum atomic E-state index is -1.13. The molecule has 0 aromatic heterocycles. The Hall–Kier alpha value is -3.40. The summed E-state index contributed by atoms with van der Waals surface area (Å²) in [4.78, 5) is 13.4. The second-order valence-electron chi connectivity index (χ2n) is 9.70. The van der Waals surface area contributed by atoms with Gasteiger partial charge < -0.3 is 24.8 Å².